The first-order valence-electron chi connectivity index (χ1n) is 36.7. The molecule has 32 nitrogen and oxygen atoms in total. The van der Waals surface area contributed by atoms with Crippen LogP contribution in [0, 0.1) is 0 Å². The molecule has 115 heavy (non-hydrogen) atoms. The molecule has 7 fully saturated rings. The number of hydrogen-bond donors (Lipinski definition) is 8. The number of phenols is 2. The van der Waals surface area contributed by atoms with Crippen LogP contribution in [0.4, 0.5) is 0 Å². The number of carbonyl (C=O) groups excluding carboxylic acids is 2. The van der Waals surface area contributed by atoms with Gasteiger partial charge in [0, 0.05) is 25.3 Å². The van der Waals surface area contributed by atoms with Crippen LogP contribution in [0.5, 0.6) is 23.0 Å². The van der Waals surface area contributed by atoms with E-state index in [4.69, 9.17) is 100 Å². The normalized spacial score (nSPS) is 27.0. The van der Waals surface area contributed by atoms with Gasteiger partial charge in [0.1, 0.15) is 111 Å². The van der Waals surface area contributed by atoms with Crippen molar-refractivity contribution in [2.75, 3.05) is 61.8 Å². The number of methoxy groups -OCH3 is 2. The van der Waals surface area contributed by atoms with Gasteiger partial charge < -0.3 is 121 Å². The lowest BCUT2D eigenvalue weighted by molar-refractivity contribution is -0.286. The number of rotatable bonds is 26. The molecule has 15 atom stereocenters. The van der Waals surface area contributed by atoms with Gasteiger partial charge in [-0.3, -0.25) is 0 Å². The van der Waals surface area contributed by atoms with Crippen molar-refractivity contribution >= 4 is 54.4 Å². The Morgan fingerprint density at radius 3 is 1.18 bits per heavy atom. The third-order valence-corrected chi connectivity index (χ3v) is 18.5. The molecule has 32 heteroatoms. The van der Waals surface area contributed by atoms with Gasteiger partial charge >= 0.3 is 17.9 Å². The molecule has 6 aromatic carbocycles. The van der Waals surface area contributed by atoms with E-state index in [9.17, 15) is 50.1 Å². The summed E-state index contributed by atoms with van der Waals surface area (Å²) in [5, 5.41) is 75.6. The monoisotopic (exact) mass is 1610 g/mol. The second-order valence-corrected chi connectivity index (χ2v) is 28.9. The maximum atomic E-state index is 12.9. The molecule has 0 aliphatic carbocycles. The van der Waals surface area contributed by atoms with E-state index in [-0.39, 0.29) is 81.0 Å². The molecule has 0 bridgehead atoms. The van der Waals surface area contributed by atoms with Gasteiger partial charge in [-0.2, -0.15) is 0 Å². The maximum absolute atomic E-state index is 12.9. The van der Waals surface area contributed by atoms with Crippen LogP contribution in [0.2, 0.25) is 0 Å². The van der Waals surface area contributed by atoms with Crippen molar-refractivity contribution in [2.45, 2.75) is 184 Å². The number of fused-ring (bicyclic) bond motifs is 6. The van der Waals surface area contributed by atoms with Crippen molar-refractivity contribution in [3.05, 3.63) is 189 Å². The van der Waals surface area contributed by atoms with Gasteiger partial charge in [-0.05, 0) is 162 Å². The Hall–Kier alpha value is -8.73. The highest BCUT2D eigenvalue weighted by atomic mass is 17.2. The molecule has 6 aromatic rings. The summed E-state index contributed by atoms with van der Waals surface area (Å²) in [4.78, 5) is 55.4. The summed E-state index contributed by atoms with van der Waals surface area (Å²) in [6.45, 7) is 14.8. The average molecular weight is 1610 g/mol. The first-order valence-corrected chi connectivity index (χ1v) is 36.7. The summed E-state index contributed by atoms with van der Waals surface area (Å²) in [5.41, 5.74) is 7.69. The third-order valence-electron chi connectivity index (χ3n) is 18.5. The number of aromatic carboxylic acids is 1. The first kappa shape index (κ1) is 88.6. The fourth-order valence-corrected chi connectivity index (χ4v) is 13.0. The highest BCUT2D eigenvalue weighted by molar-refractivity contribution is 5.91. The van der Waals surface area contributed by atoms with E-state index >= 15 is 0 Å². The van der Waals surface area contributed by atoms with Crippen molar-refractivity contribution < 1.29 is 155 Å². The minimum absolute atomic E-state index is 0.0205. The Balaban J connectivity index is 0.000000169. The summed E-state index contributed by atoms with van der Waals surface area (Å²) in [7, 11) is 6.01. The van der Waals surface area contributed by atoms with E-state index in [2.05, 4.69) is 4.89 Å². The van der Waals surface area contributed by atoms with Crippen LogP contribution in [-0.2, 0) is 104 Å². The number of carbonyl (C=O) groups is 3. The number of carboxylic acids is 1. The quantitative estimate of drug-likeness (QED) is 0.00628. The molecule has 624 valence electrons. The number of hydrogen-bond acceptors (Lipinski definition) is 31. The van der Waals surface area contributed by atoms with E-state index in [0.717, 1.165) is 38.9 Å². The van der Waals surface area contributed by atoms with Crippen molar-refractivity contribution in [3.8, 4) is 23.0 Å². The molecule has 0 aromatic heterocycles. The van der Waals surface area contributed by atoms with Gasteiger partial charge in [0.15, 0.2) is 67.1 Å². The fraction of sp³-hybridized carbons (Fsp3) is 0.458. The zero-order valence-electron chi connectivity index (χ0n) is 65.6. The molecule has 7 heterocycles. The minimum atomic E-state index is -1.70. The van der Waals surface area contributed by atoms with Crippen molar-refractivity contribution in [1.82, 2.24) is 0 Å². The molecule has 8 N–H and O–H groups in total. The number of benzene rings is 6. The Morgan fingerprint density at radius 1 is 0.400 bits per heavy atom. The summed E-state index contributed by atoms with van der Waals surface area (Å²) in [5.74, 6) is -4.28. The van der Waals surface area contributed by atoms with Crippen LogP contribution in [0.15, 0.2) is 127 Å². The van der Waals surface area contributed by atoms with Crippen LogP contribution in [-0.4, -0.2) is 236 Å². The third kappa shape index (κ3) is 24.2. The van der Waals surface area contributed by atoms with E-state index in [1.807, 2.05) is 128 Å². The molecular formula is C83H100O32. The van der Waals surface area contributed by atoms with E-state index < -0.39 is 121 Å². The lowest BCUT2D eigenvalue weighted by Gasteiger charge is -2.37. The minimum Gasteiger partial charge on any atom is -0.504 e. The number of aliphatic hydroxyl groups excluding tert-OH is 5. The SMILES string of the molecule is CC1(C)OC2OC(CO)C3OC(C)(C)OC3C2O1.COCOc1ccc(C=Cc2ccc(C(=O)O)cc2)cc1COOC.COCOc1ccc(C=Cc2ccc(C(=O)OCC3OC4OC(C)(C)OC4C4OC(C)(C)OC34)cc2)cc1COOC.O=C(OCC1OC(O)C(O)C(O)C1O)c1ccc(C=Cc2ccc(O)c(O)c2)cc1. The second-order valence-electron chi connectivity index (χ2n) is 28.9. The predicted molar refractivity (Wildman–Crippen MR) is 406 cm³/mol. The van der Waals surface area contributed by atoms with Crippen LogP contribution in [0.1, 0.15) is 131 Å². The highest BCUT2D eigenvalue weighted by Gasteiger charge is 2.62. The van der Waals surface area contributed by atoms with Gasteiger partial charge in [0.2, 0.25) is 0 Å². The number of esters is 2. The topological polar surface area (TPSA) is 407 Å². The van der Waals surface area contributed by atoms with Gasteiger partial charge in [0.25, 0.3) is 0 Å². The summed E-state index contributed by atoms with van der Waals surface area (Å²) >= 11 is 0. The Bertz CT molecular complexity index is 4260. The lowest BCUT2D eigenvalue weighted by atomic mass is 9.99. The molecule has 0 saturated carbocycles. The predicted octanol–water partition coefficient (Wildman–Crippen LogP) is 8.69. The lowest BCUT2D eigenvalue weighted by Crippen LogP contribution is -2.58. The number of aliphatic hydroxyl groups is 5. The fourth-order valence-electron chi connectivity index (χ4n) is 13.0. The summed E-state index contributed by atoms with van der Waals surface area (Å²) in [6, 6.07) is 36.0. The van der Waals surface area contributed by atoms with Crippen LogP contribution in [0.25, 0.3) is 36.5 Å². The van der Waals surface area contributed by atoms with Gasteiger partial charge in [-0.1, -0.05) is 91.1 Å². The molecule has 15 unspecified atom stereocenters. The molecule has 0 amide bonds. The molecule has 7 saturated heterocycles. The van der Waals surface area contributed by atoms with E-state index in [1.54, 1.807) is 81.0 Å². The summed E-state index contributed by atoms with van der Waals surface area (Å²) < 4.78 is 95.8. The molecule has 0 spiro atoms. The van der Waals surface area contributed by atoms with Gasteiger partial charge in [-0.25, -0.2) is 33.9 Å². The van der Waals surface area contributed by atoms with E-state index in [1.165, 1.54) is 38.5 Å². The largest absolute Gasteiger partial charge is 0.504 e. The maximum Gasteiger partial charge on any atom is 0.338 e. The van der Waals surface area contributed by atoms with Crippen molar-refractivity contribution in [1.29, 1.82) is 0 Å². The van der Waals surface area contributed by atoms with Crippen LogP contribution >= 0.6 is 0 Å². The van der Waals surface area contributed by atoms with Gasteiger partial charge in [-0.15, -0.1) is 0 Å². The van der Waals surface area contributed by atoms with E-state index in [0.29, 0.717) is 22.6 Å². The molecule has 7 aliphatic rings. The van der Waals surface area contributed by atoms with Crippen LogP contribution in [0.3, 0.4) is 0 Å². The molecular weight excluding hydrogens is 1510 g/mol. The Labute approximate surface area is 664 Å². The van der Waals surface area contributed by atoms with Crippen molar-refractivity contribution in [2.24, 2.45) is 0 Å². The standard InChI is InChI=1S/C31H38O11.C21H22O9.C19H20O6.C12H20O6/c1-30(2)39-25-24(38-29-27(26(25)40-30)41-31(3,4)42-29)17-35-28(32)21-12-9-19(10-13-21)7-8-20-11-14-23(36-18-33-5)22(15-20)16-37-34-6;22-14-8-5-12(9-15(14)23)2-1-11-3-6-13(7-4-11)20(27)29-10-16-17(24)18(25)19(26)21(28)30-16;1-22-13-24-18-10-7-15(11-17(18)12-25-23-2)4-3-14-5-8-16(9-6-14)19(20)21;1-11(2)15-7-6(5-13)14-10-9(8(7)16-11)17-12(3,4)18-10/h7-15,24-27,29H,16-18H2,1-6H3;1-9,16-19,21-26,28H,10H2;3-11H,12-13H2,1-2H3,(H,20,21);6-10,13H,5H2,1-4H3. The smallest absolute Gasteiger partial charge is 0.338 e. The zero-order valence-corrected chi connectivity index (χ0v) is 65.6. The first-order chi connectivity index (χ1) is 54.8. The Morgan fingerprint density at radius 2 is 0.765 bits per heavy atom. The molecule has 13 rings (SSSR count). The number of phenolic OH excluding ortho intramolecular Hbond substituents is 2. The molecule has 0 radical (unpaired) electrons. The van der Waals surface area contributed by atoms with Gasteiger partial charge in [0.05, 0.1) is 37.5 Å². The summed E-state index contributed by atoms with van der Waals surface area (Å²) in [6.07, 6.45) is -0.946. The van der Waals surface area contributed by atoms with Crippen LogP contribution < -0.4 is 9.47 Å². The number of ether oxygens (including phenoxy) is 17. The second kappa shape index (κ2) is 39.9. The highest BCUT2D eigenvalue weighted by Crippen LogP contribution is 2.46. The van der Waals surface area contributed by atoms with Crippen molar-refractivity contribution in [3.63, 3.8) is 0 Å². The number of aromatic hydroxyl groups is 2. The Kier molecular flexibility index (Phi) is 30.8. The average Bonchev–Trinajstić information content (AvgIpc) is 1.60. The molecule has 7 aliphatic heterocycles. The zero-order chi connectivity index (χ0) is 82.9. The number of carboxylic acid groups (broad SMARTS) is 1.